The third kappa shape index (κ3) is 3.25. The number of anilines is 1. The lowest BCUT2D eigenvalue weighted by Crippen LogP contribution is -2.25. The van der Waals surface area contributed by atoms with Crippen molar-refractivity contribution in [1.29, 1.82) is 5.26 Å². The van der Waals surface area contributed by atoms with Crippen LogP contribution in [0.15, 0.2) is 66.9 Å². The Labute approximate surface area is 168 Å². The largest absolute Gasteiger partial charge is 0.493 e. The van der Waals surface area contributed by atoms with Crippen LogP contribution in [0.1, 0.15) is 18.4 Å². The fourth-order valence-electron chi connectivity index (χ4n) is 3.42. The van der Waals surface area contributed by atoms with Gasteiger partial charge in [0.15, 0.2) is 17.8 Å². The Hall–Kier alpha value is -3.92. The van der Waals surface area contributed by atoms with E-state index in [1.54, 1.807) is 20.3 Å². The Bertz CT molecular complexity index is 1110. The Morgan fingerprint density at radius 3 is 2.76 bits per heavy atom. The molecular formula is C22H19N3O4. The molecule has 0 unspecified atom stereocenters. The van der Waals surface area contributed by atoms with E-state index in [-0.39, 0.29) is 0 Å². The summed E-state index contributed by atoms with van der Waals surface area (Å²) in [7, 11) is 3.14. The zero-order valence-corrected chi connectivity index (χ0v) is 16.1. The summed E-state index contributed by atoms with van der Waals surface area (Å²) in [5.74, 6) is 1.52. The number of benzene rings is 1. The number of pyridine rings is 1. The van der Waals surface area contributed by atoms with Crippen LogP contribution in [0.3, 0.4) is 0 Å². The molecular weight excluding hydrogens is 370 g/mol. The second-order valence-corrected chi connectivity index (χ2v) is 6.27. The molecule has 1 aliphatic carbocycles. The van der Waals surface area contributed by atoms with Gasteiger partial charge in [0, 0.05) is 17.3 Å². The summed E-state index contributed by atoms with van der Waals surface area (Å²) < 4.78 is 22.0. The van der Waals surface area contributed by atoms with Crippen LogP contribution in [0, 0.1) is 11.3 Å². The number of aromatic nitrogens is 1. The van der Waals surface area contributed by atoms with Crippen molar-refractivity contribution in [3.63, 3.8) is 0 Å². The Morgan fingerprint density at radius 2 is 2.10 bits per heavy atom. The zero-order chi connectivity index (χ0) is 20.2. The third-order valence-corrected chi connectivity index (χ3v) is 4.69. The van der Waals surface area contributed by atoms with Crippen molar-refractivity contribution >= 4 is 16.6 Å². The van der Waals surface area contributed by atoms with Crippen LogP contribution in [0.2, 0.25) is 0 Å². The van der Waals surface area contributed by atoms with E-state index in [4.69, 9.17) is 18.9 Å². The predicted octanol–water partition coefficient (Wildman–Crippen LogP) is 4.48. The van der Waals surface area contributed by atoms with Crippen LogP contribution in [-0.2, 0) is 9.47 Å². The van der Waals surface area contributed by atoms with Gasteiger partial charge in [-0.1, -0.05) is 12.2 Å². The number of hydrogen-bond acceptors (Lipinski definition) is 7. The minimum Gasteiger partial charge on any atom is -0.493 e. The first-order valence-corrected chi connectivity index (χ1v) is 9.05. The molecule has 0 spiro atoms. The SMILES string of the molecule is COc1ccc2c(N(C3=CC=CCC3)C3=COC=CO3)c(C#N)cnc2c1OC. The van der Waals surface area contributed by atoms with Crippen LogP contribution < -0.4 is 14.4 Å². The molecule has 0 saturated heterocycles. The molecule has 2 heterocycles. The van der Waals surface area contributed by atoms with Crippen LogP contribution in [0.5, 0.6) is 11.5 Å². The molecule has 0 saturated carbocycles. The summed E-state index contributed by atoms with van der Waals surface area (Å²) in [6.45, 7) is 0. The maximum atomic E-state index is 9.84. The maximum absolute atomic E-state index is 9.84. The van der Waals surface area contributed by atoms with Crippen molar-refractivity contribution in [2.45, 2.75) is 12.8 Å². The fourth-order valence-corrected chi connectivity index (χ4v) is 3.42. The molecule has 1 aromatic carbocycles. The fraction of sp³-hybridized carbons (Fsp3) is 0.182. The predicted molar refractivity (Wildman–Crippen MR) is 108 cm³/mol. The van der Waals surface area contributed by atoms with Gasteiger partial charge >= 0.3 is 0 Å². The molecule has 0 atom stereocenters. The number of rotatable bonds is 5. The van der Waals surface area contributed by atoms with Crippen molar-refractivity contribution in [2.24, 2.45) is 0 Å². The zero-order valence-electron chi connectivity index (χ0n) is 16.1. The second-order valence-electron chi connectivity index (χ2n) is 6.27. The summed E-state index contributed by atoms with van der Waals surface area (Å²) in [4.78, 5) is 6.36. The highest BCUT2D eigenvalue weighted by molar-refractivity contribution is 6.00. The lowest BCUT2D eigenvalue weighted by molar-refractivity contribution is 0.251. The standard InChI is InChI=1S/C22H19N3O4/c1-26-18-9-8-17-20(22(18)27-2)24-13-15(12-23)21(17)25(16-6-4-3-5-7-16)19-14-28-10-11-29-19/h3-4,6,8-11,13-14H,5,7H2,1-2H3. The van der Waals surface area contributed by atoms with Crippen molar-refractivity contribution in [1.82, 2.24) is 4.98 Å². The van der Waals surface area contributed by atoms with E-state index >= 15 is 0 Å². The third-order valence-electron chi connectivity index (χ3n) is 4.69. The summed E-state index contributed by atoms with van der Waals surface area (Å²) in [5.41, 5.74) is 2.60. The Balaban J connectivity index is 2.02. The van der Waals surface area contributed by atoms with Gasteiger partial charge in [-0.15, -0.1) is 0 Å². The second kappa shape index (κ2) is 7.98. The number of methoxy groups -OCH3 is 2. The van der Waals surface area contributed by atoms with E-state index in [1.165, 1.54) is 25.0 Å². The Kier molecular flexibility index (Phi) is 5.08. The van der Waals surface area contributed by atoms with Gasteiger partial charge in [0.1, 0.15) is 24.1 Å². The van der Waals surface area contributed by atoms with E-state index < -0.39 is 0 Å². The summed E-state index contributed by atoms with van der Waals surface area (Å²) in [5, 5.41) is 10.6. The quantitative estimate of drug-likeness (QED) is 0.746. The average Bonchev–Trinajstić information content (AvgIpc) is 2.79. The van der Waals surface area contributed by atoms with Crippen molar-refractivity contribution in [3.8, 4) is 17.6 Å². The van der Waals surface area contributed by atoms with Crippen molar-refractivity contribution < 1.29 is 18.9 Å². The van der Waals surface area contributed by atoms with Crippen LogP contribution in [-0.4, -0.2) is 19.2 Å². The van der Waals surface area contributed by atoms with Gasteiger partial charge in [0.2, 0.25) is 5.88 Å². The van der Waals surface area contributed by atoms with Gasteiger partial charge in [-0.25, -0.2) is 0 Å². The number of ether oxygens (including phenoxy) is 4. The molecule has 146 valence electrons. The number of nitriles is 1. The maximum Gasteiger partial charge on any atom is 0.239 e. The van der Waals surface area contributed by atoms with Gasteiger partial charge in [0.05, 0.1) is 25.5 Å². The molecule has 29 heavy (non-hydrogen) atoms. The number of fused-ring (bicyclic) bond motifs is 1. The summed E-state index contributed by atoms with van der Waals surface area (Å²) >= 11 is 0. The molecule has 7 heteroatoms. The Morgan fingerprint density at radius 1 is 1.21 bits per heavy atom. The molecule has 4 rings (SSSR count). The normalized spacial score (nSPS) is 14.9. The monoisotopic (exact) mass is 389 g/mol. The molecule has 0 radical (unpaired) electrons. The van der Waals surface area contributed by atoms with Gasteiger partial charge in [-0.05, 0) is 31.1 Å². The van der Waals surface area contributed by atoms with E-state index in [2.05, 4.69) is 17.1 Å². The number of allylic oxidation sites excluding steroid dienone is 4. The molecule has 1 aromatic heterocycles. The smallest absolute Gasteiger partial charge is 0.239 e. The van der Waals surface area contributed by atoms with Crippen LogP contribution >= 0.6 is 0 Å². The van der Waals surface area contributed by atoms with Crippen molar-refractivity contribution in [3.05, 3.63) is 72.5 Å². The molecule has 2 aromatic rings. The average molecular weight is 389 g/mol. The van der Waals surface area contributed by atoms with Gasteiger partial charge in [-0.3, -0.25) is 9.88 Å². The van der Waals surface area contributed by atoms with Crippen LogP contribution in [0.25, 0.3) is 10.9 Å². The van der Waals surface area contributed by atoms with Gasteiger partial charge in [0.25, 0.3) is 0 Å². The van der Waals surface area contributed by atoms with Crippen LogP contribution in [0.4, 0.5) is 5.69 Å². The van der Waals surface area contributed by atoms with E-state index in [1.807, 2.05) is 23.1 Å². The lowest BCUT2D eigenvalue weighted by atomic mass is 10.0. The first kappa shape index (κ1) is 18.4. The van der Waals surface area contributed by atoms with E-state index in [9.17, 15) is 5.26 Å². The highest BCUT2D eigenvalue weighted by Crippen LogP contribution is 2.42. The molecule has 0 bridgehead atoms. The molecule has 0 N–H and O–H groups in total. The molecule has 0 fully saturated rings. The number of nitrogens with zero attached hydrogens (tertiary/aromatic N) is 3. The minimum atomic E-state index is 0.402. The number of hydrogen-bond donors (Lipinski definition) is 0. The van der Waals surface area contributed by atoms with E-state index in [0.717, 1.165) is 23.9 Å². The highest BCUT2D eigenvalue weighted by atomic mass is 16.5. The molecule has 1 aliphatic heterocycles. The molecule has 2 aliphatic rings. The minimum absolute atomic E-state index is 0.402. The highest BCUT2D eigenvalue weighted by Gasteiger charge is 2.27. The summed E-state index contributed by atoms with van der Waals surface area (Å²) in [6, 6.07) is 5.92. The topological polar surface area (TPSA) is 76.8 Å². The van der Waals surface area contributed by atoms with Gasteiger partial charge < -0.3 is 18.9 Å². The van der Waals surface area contributed by atoms with Gasteiger partial charge in [-0.2, -0.15) is 5.26 Å². The van der Waals surface area contributed by atoms with Crippen molar-refractivity contribution in [2.75, 3.05) is 19.1 Å². The summed E-state index contributed by atoms with van der Waals surface area (Å²) in [6.07, 6.45) is 13.7. The molecule has 0 amide bonds. The first-order valence-electron chi connectivity index (χ1n) is 9.05. The lowest BCUT2D eigenvalue weighted by Gasteiger charge is -2.31. The molecule has 7 nitrogen and oxygen atoms in total. The first-order chi connectivity index (χ1) is 14.3. The van der Waals surface area contributed by atoms with E-state index in [0.29, 0.717) is 34.1 Å².